The van der Waals surface area contributed by atoms with Gasteiger partial charge in [0.05, 0.1) is 12.1 Å². The number of rotatable bonds is 3. The first-order valence-electron chi connectivity index (χ1n) is 12.0. The summed E-state index contributed by atoms with van der Waals surface area (Å²) in [4.78, 5) is 10.1. The number of hydrogen-bond acceptors (Lipinski definition) is 3. The summed E-state index contributed by atoms with van der Waals surface area (Å²) in [5, 5.41) is 0. The van der Waals surface area contributed by atoms with Crippen LogP contribution in [0, 0.1) is 27.4 Å². The van der Waals surface area contributed by atoms with E-state index in [4.69, 9.17) is 4.99 Å². The van der Waals surface area contributed by atoms with Crippen LogP contribution in [0.25, 0.3) is 0 Å². The van der Waals surface area contributed by atoms with Gasteiger partial charge in [0.1, 0.15) is 5.84 Å². The number of nitrogens with zero attached hydrogens (tertiary/aromatic N) is 3. The molecule has 0 fully saturated rings. The molecule has 0 N–H and O–H groups in total. The van der Waals surface area contributed by atoms with Gasteiger partial charge in [0, 0.05) is 16.9 Å². The molecule has 0 saturated heterocycles. The zero-order valence-electron chi connectivity index (χ0n) is 20.5. The van der Waals surface area contributed by atoms with Crippen molar-refractivity contribution in [2.45, 2.75) is 32.9 Å². The van der Waals surface area contributed by atoms with Crippen LogP contribution in [0.15, 0.2) is 102 Å². The van der Waals surface area contributed by atoms with Crippen LogP contribution in [0.1, 0.15) is 45.5 Å². The van der Waals surface area contributed by atoms with Crippen molar-refractivity contribution in [1.29, 1.82) is 0 Å². The van der Waals surface area contributed by atoms with E-state index in [0.29, 0.717) is 0 Å². The van der Waals surface area contributed by atoms with E-state index >= 15 is 0 Å². The number of benzene rings is 4. The molecule has 2 aliphatic heterocycles. The Morgan fingerprint density at radius 3 is 1.94 bits per heavy atom. The molecule has 0 aliphatic carbocycles. The molecule has 5 heteroatoms. The van der Waals surface area contributed by atoms with Crippen molar-refractivity contribution < 1.29 is 15.1 Å². The summed E-state index contributed by atoms with van der Waals surface area (Å²) in [6.45, 7) is 8.85. The van der Waals surface area contributed by atoms with Crippen molar-refractivity contribution in [3.63, 3.8) is 0 Å². The van der Waals surface area contributed by atoms with Crippen LogP contribution in [-0.2, 0) is 15.1 Å². The van der Waals surface area contributed by atoms with Crippen LogP contribution in [0.2, 0.25) is 0 Å². The van der Waals surface area contributed by atoms with E-state index < -0.39 is 0 Å². The molecule has 2 atom stereocenters. The molecule has 0 bridgehead atoms. The average Bonchev–Trinajstić information content (AvgIpc) is 3.30. The molecule has 0 unspecified atom stereocenters. The van der Waals surface area contributed by atoms with Crippen LogP contribution in [0.5, 0.6) is 0 Å². The third-order valence-corrected chi connectivity index (χ3v) is 6.91. The second-order valence-corrected chi connectivity index (χ2v) is 9.32. The summed E-state index contributed by atoms with van der Waals surface area (Å²) in [6.07, 6.45) is 0. The van der Waals surface area contributed by atoms with Gasteiger partial charge in [-0.1, -0.05) is 90.5 Å². The first-order valence-corrected chi connectivity index (χ1v) is 13.3. The fourth-order valence-corrected chi connectivity index (χ4v) is 5.58. The Hall–Kier alpha value is -3.04. The third-order valence-electron chi connectivity index (χ3n) is 6.91. The van der Waals surface area contributed by atoms with E-state index in [1.165, 1.54) is 44.8 Å². The predicted molar refractivity (Wildman–Crippen MR) is 146 cm³/mol. The predicted octanol–water partition coefficient (Wildman–Crippen LogP) is 8.11. The molecule has 4 aromatic rings. The Morgan fingerprint density at radius 2 is 1.31 bits per heavy atom. The Morgan fingerprint density at radius 1 is 0.750 bits per heavy atom. The average molecular weight is 542 g/mol. The summed E-state index contributed by atoms with van der Waals surface area (Å²) in [5.74, 6) is 1.04. The van der Waals surface area contributed by atoms with Crippen molar-refractivity contribution in [2.24, 2.45) is 4.99 Å². The van der Waals surface area contributed by atoms with E-state index in [1.807, 2.05) is 0 Å². The second kappa shape index (κ2) is 10.5. The van der Waals surface area contributed by atoms with Crippen LogP contribution in [0.4, 0.5) is 11.4 Å². The standard InChI is InChI=1S/C31H28N3.ClH.Cu/c1-21-18-22(2)29(23(3)19-21)33-20-34-30(25-14-8-5-9-15-25)28(24-12-6-4-7-13-24)32-31(34)26-16-10-11-17-27(26)33;;/h4-20,28,30H,1-3H3;1H;/q-1;;+2/p-1/t28-,30-;;/m1../s1. The number of anilines is 2. The molecule has 2 aliphatic rings. The van der Waals surface area contributed by atoms with E-state index in [1.54, 1.807) is 0 Å². The van der Waals surface area contributed by atoms with Crippen LogP contribution in [-0.4, -0.2) is 10.7 Å². The molecule has 3 nitrogen and oxygen atoms in total. The van der Waals surface area contributed by atoms with E-state index in [2.05, 4.69) is 160 Å². The van der Waals surface area contributed by atoms with Gasteiger partial charge in [-0.3, -0.25) is 4.99 Å². The summed E-state index contributed by atoms with van der Waals surface area (Å²) >= 11 is 3.66. The monoisotopic (exact) mass is 540 g/mol. The molecule has 2 heterocycles. The molecular weight excluding hydrogens is 513 g/mol. The molecule has 0 amide bonds. The van der Waals surface area contributed by atoms with Gasteiger partial charge in [-0.15, -0.1) is 6.67 Å². The van der Waals surface area contributed by atoms with Crippen molar-refractivity contribution in [3.05, 3.63) is 137 Å². The van der Waals surface area contributed by atoms with E-state index in [-0.39, 0.29) is 12.1 Å². The maximum atomic E-state index is 5.35. The van der Waals surface area contributed by atoms with Crippen molar-refractivity contribution in [3.8, 4) is 0 Å². The maximum absolute atomic E-state index is 5.35. The van der Waals surface area contributed by atoms with Crippen LogP contribution < -0.4 is 4.90 Å². The van der Waals surface area contributed by atoms with Gasteiger partial charge in [-0.05, 0) is 55.2 Å². The van der Waals surface area contributed by atoms with Crippen LogP contribution >= 0.6 is 10.1 Å². The number of hydrogen-bond donors (Lipinski definition) is 0. The summed E-state index contributed by atoms with van der Waals surface area (Å²) in [5.41, 5.74) is 9.93. The summed E-state index contributed by atoms with van der Waals surface area (Å²) < 4.78 is 0. The number of aryl methyl sites for hydroxylation is 3. The Labute approximate surface area is 226 Å². The van der Waals surface area contributed by atoms with Gasteiger partial charge in [-0.2, -0.15) is 0 Å². The zero-order valence-corrected chi connectivity index (χ0v) is 22.2. The van der Waals surface area contributed by atoms with E-state index in [9.17, 15) is 0 Å². The molecule has 0 aromatic heterocycles. The number of halogens is 1. The van der Waals surface area contributed by atoms with Gasteiger partial charge < -0.3 is 9.80 Å². The fourth-order valence-electron chi connectivity index (χ4n) is 5.58. The zero-order chi connectivity index (χ0) is 25.2. The topological polar surface area (TPSA) is 18.8 Å². The molecule has 185 valence electrons. The number of fused-ring (bicyclic) bond motifs is 3. The minimum atomic E-state index is 0.0167. The summed E-state index contributed by atoms with van der Waals surface area (Å²) in [6, 6.07) is 34.7. The Balaban J connectivity index is 0.00000130. The summed E-state index contributed by atoms with van der Waals surface area (Å²) in [7, 11) is 4.20. The molecule has 0 spiro atoms. The van der Waals surface area contributed by atoms with Gasteiger partial charge in [0.15, 0.2) is 0 Å². The van der Waals surface area contributed by atoms with Crippen molar-refractivity contribution in [2.75, 3.05) is 4.90 Å². The second-order valence-electron chi connectivity index (χ2n) is 9.32. The van der Waals surface area contributed by atoms with Crippen molar-refractivity contribution >= 4 is 27.3 Å². The quantitative estimate of drug-likeness (QED) is 0.193. The van der Waals surface area contributed by atoms with Crippen LogP contribution in [0.3, 0.4) is 0 Å². The number of amidine groups is 1. The molecule has 36 heavy (non-hydrogen) atoms. The molecule has 6 rings (SSSR count). The SMILES string of the molecule is Cc1cc(C)c(N2[CH-]N3C(=N[C@H](c4ccccc4)[C@H]3c3ccccc3)c3ccccc32)c(C)c1.[Cl][Cu+]. The Bertz CT molecular complexity index is 1360. The minimum absolute atomic E-state index is 0.0167. The molecule has 4 aromatic carbocycles. The molecule has 0 radical (unpaired) electrons. The van der Waals surface area contributed by atoms with Gasteiger partial charge in [0.25, 0.3) is 0 Å². The van der Waals surface area contributed by atoms with Crippen molar-refractivity contribution in [1.82, 2.24) is 4.90 Å². The van der Waals surface area contributed by atoms with Gasteiger partial charge >= 0.3 is 25.2 Å². The molecular formula is C31H28ClCuN3. The first-order chi connectivity index (χ1) is 17.6. The first kappa shape index (κ1) is 24.6. The number of para-hydroxylation sites is 1. The normalized spacial score (nSPS) is 18.1. The third kappa shape index (κ3) is 4.35. The van der Waals surface area contributed by atoms with Gasteiger partial charge in [-0.25, -0.2) is 0 Å². The Kier molecular flexibility index (Phi) is 7.20. The molecule has 0 saturated carbocycles. The fraction of sp³-hybridized carbons (Fsp3) is 0.161. The van der Waals surface area contributed by atoms with Gasteiger partial charge in [0.2, 0.25) is 0 Å². The number of aliphatic imine (C=N–C) groups is 1. The van der Waals surface area contributed by atoms with E-state index in [0.717, 1.165) is 5.84 Å².